The summed E-state index contributed by atoms with van der Waals surface area (Å²) in [6, 6.07) is 19.5. The van der Waals surface area contributed by atoms with Crippen LogP contribution in [-0.4, -0.2) is 22.3 Å². The normalized spacial score (nSPS) is 10.3. The van der Waals surface area contributed by atoms with E-state index in [4.69, 9.17) is 4.74 Å². The van der Waals surface area contributed by atoms with Crippen molar-refractivity contribution in [1.29, 1.82) is 0 Å². The predicted octanol–water partition coefficient (Wildman–Crippen LogP) is 3.18. The summed E-state index contributed by atoms with van der Waals surface area (Å²) >= 11 is 2.14. The van der Waals surface area contributed by atoms with Gasteiger partial charge in [0.25, 0.3) is 11.5 Å². The average Bonchev–Trinajstić information content (AvgIpc) is 2.66. The van der Waals surface area contributed by atoms with Gasteiger partial charge >= 0.3 is 0 Å². The molecule has 0 unspecified atom stereocenters. The Morgan fingerprint density at radius 1 is 1.04 bits per heavy atom. The number of amides is 1. The van der Waals surface area contributed by atoms with E-state index in [0.29, 0.717) is 11.4 Å². The Kier molecular flexibility index (Phi) is 6.00. The van der Waals surface area contributed by atoms with Gasteiger partial charge in [-0.15, -0.1) is 0 Å². The highest BCUT2D eigenvalue weighted by molar-refractivity contribution is 14.1. The van der Waals surface area contributed by atoms with Crippen LogP contribution in [0.3, 0.4) is 0 Å². The number of carbonyl (C=O) groups is 1. The highest BCUT2D eigenvalue weighted by Gasteiger charge is 2.11. The molecule has 1 heterocycles. The van der Waals surface area contributed by atoms with E-state index >= 15 is 0 Å². The maximum absolute atomic E-state index is 12.4. The Labute approximate surface area is 164 Å². The number of aromatic nitrogens is 2. The van der Waals surface area contributed by atoms with Crippen molar-refractivity contribution in [3.63, 3.8) is 0 Å². The summed E-state index contributed by atoms with van der Waals surface area (Å²) in [6.07, 6.45) is 0. The van der Waals surface area contributed by atoms with E-state index in [2.05, 4.69) is 33.0 Å². The van der Waals surface area contributed by atoms with Gasteiger partial charge in [-0.05, 0) is 52.9 Å². The third-order valence-electron chi connectivity index (χ3n) is 3.54. The lowest BCUT2D eigenvalue weighted by atomic mass is 10.3. The number of halogens is 1. The fourth-order valence-electron chi connectivity index (χ4n) is 2.25. The van der Waals surface area contributed by atoms with Gasteiger partial charge in [-0.2, -0.15) is 5.10 Å². The second-order valence-electron chi connectivity index (χ2n) is 5.38. The molecule has 132 valence electrons. The maximum Gasteiger partial charge on any atom is 0.276 e. The van der Waals surface area contributed by atoms with Crippen LogP contribution in [0.25, 0.3) is 0 Å². The summed E-state index contributed by atoms with van der Waals surface area (Å²) in [5.41, 5.74) is 0.585. The van der Waals surface area contributed by atoms with E-state index in [9.17, 15) is 9.59 Å². The van der Waals surface area contributed by atoms with E-state index in [0.717, 1.165) is 3.57 Å². The number of hydrogen-bond donors (Lipinski definition) is 1. The molecule has 3 aromatic rings. The van der Waals surface area contributed by atoms with E-state index in [-0.39, 0.29) is 30.3 Å². The molecule has 0 aliphatic rings. The second kappa shape index (κ2) is 8.61. The van der Waals surface area contributed by atoms with Crippen LogP contribution < -0.4 is 15.6 Å². The molecule has 1 N–H and O–H groups in total. The number of rotatable bonds is 6. The quantitative estimate of drug-likeness (QED) is 0.573. The van der Waals surface area contributed by atoms with Crippen LogP contribution in [0.1, 0.15) is 10.5 Å². The zero-order valence-corrected chi connectivity index (χ0v) is 15.9. The zero-order valence-electron chi connectivity index (χ0n) is 13.8. The number of benzene rings is 2. The zero-order chi connectivity index (χ0) is 18.4. The lowest BCUT2D eigenvalue weighted by Crippen LogP contribution is -2.28. The number of nitrogens with one attached hydrogen (secondary N) is 1. The molecule has 2 aromatic carbocycles. The smallest absolute Gasteiger partial charge is 0.276 e. The number of hydrogen-bond acceptors (Lipinski definition) is 4. The molecule has 0 bridgehead atoms. The lowest BCUT2D eigenvalue weighted by molar-refractivity contribution is 0.101. The molecule has 0 aliphatic carbocycles. The predicted molar refractivity (Wildman–Crippen MR) is 108 cm³/mol. The maximum atomic E-state index is 12.4. The second-order valence-corrected chi connectivity index (χ2v) is 6.54. The minimum Gasteiger partial charge on any atom is -0.492 e. The van der Waals surface area contributed by atoms with Crippen molar-refractivity contribution in [2.24, 2.45) is 0 Å². The minimum atomic E-state index is -0.369. The molecule has 7 heteroatoms. The average molecular weight is 461 g/mol. The van der Waals surface area contributed by atoms with Gasteiger partial charge in [0.05, 0.1) is 12.2 Å². The van der Waals surface area contributed by atoms with E-state index in [1.54, 1.807) is 0 Å². The van der Waals surface area contributed by atoms with Gasteiger partial charge in [0.15, 0.2) is 0 Å². The largest absolute Gasteiger partial charge is 0.492 e. The number of ether oxygens (including phenoxy) is 1. The molecule has 26 heavy (non-hydrogen) atoms. The monoisotopic (exact) mass is 461 g/mol. The van der Waals surface area contributed by atoms with Crippen LogP contribution in [0.2, 0.25) is 0 Å². The topological polar surface area (TPSA) is 73.2 Å². The van der Waals surface area contributed by atoms with Crippen molar-refractivity contribution in [1.82, 2.24) is 9.78 Å². The van der Waals surface area contributed by atoms with Gasteiger partial charge in [0.1, 0.15) is 18.1 Å². The molecule has 6 nitrogen and oxygen atoms in total. The summed E-state index contributed by atoms with van der Waals surface area (Å²) in [5.74, 6) is 0.347. The lowest BCUT2D eigenvalue weighted by Gasteiger charge is -2.10. The molecule has 0 saturated carbocycles. The van der Waals surface area contributed by atoms with Crippen molar-refractivity contribution >= 4 is 34.2 Å². The Balaban J connectivity index is 1.68. The molecule has 1 amide bonds. The summed E-state index contributed by atoms with van der Waals surface area (Å²) in [7, 11) is 0. The summed E-state index contributed by atoms with van der Waals surface area (Å²) in [6.45, 7) is 0.524. The third-order valence-corrected chi connectivity index (χ3v) is 4.48. The number of carbonyl (C=O) groups excluding carboxylic acids is 1. The van der Waals surface area contributed by atoms with Crippen molar-refractivity contribution in [2.45, 2.75) is 6.54 Å². The Bertz CT molecular complexity index is 957. The van der Waals surface area contributed by atoms with Crippen LogP contribution in [0.5, 0.6) is 5.75 Å². The fourth-order valence-corrected chi connectivity index (χ4v) is 2.77. The molecule has 1 aromatic heterocycles. The van der Waals surface area contributed by atoms with Crippen molar-refractivity contribution in [2.75, 3.05) is 11.9 Å². The van der Waals surface area contributed by atoms with Crippen molar-refractivity contribution in [3.8, 4) is 5.75 Å². The van der Waals surface area contributed by atoms with Gasteiger partial charge in [-0.1, -0.05) is 30.3 Å². The van der Waals surface area contributed by atoms with E-state index in [1.807, 2.05) is 54.6 Å². The van der Waals surface area contributed by atoms with Crippen LogP contribution in [0.4, 0.5) is 5.69 Å². The minimum absolute atomic E-state index is 0.170. The van der Waals surface area contributed by atoms with Crippen molar-refractivity contribution < 1.29 is 9.53 Å². The number of anilines is 1. The van der Waals surface area contributed by atoms with Crippen LogP contribution in [0.15, 0.2) is 71.5 Å². The SMILES string of the molecule is O=C(Nc1ccccc1I)c1ccc(=O)n(CCOc2ccccc2)n1. The molecule has 0 atom stereocenters. The van der Waals surface area contributed by atoms with Gasteiger partial charge in [-0.25, -0.2) is 4.68 Å². The van der Waals surface area contributed by atoms with Gasteiger partial charge in [0.2, 0.25) is 0 Å². The first-order chi connectivity index (χ1) is 12.6. The molecule has 0 radical (unpaired) electrons. The molecule has 0 fully saturated rings. The molecule has 3 rings (SSSR count). The van der Waals surface area contributed by atoms with Gasteiger partial charge in [0, 0.05) is 9.64 Å². The first-order valence-electron chi connectivity index (χ1n) is 7.95. The Morgan fingerprint density at radius 2 is 1.77 bits per heavy atom. The third kappa shape index (κ3) is 4.69. The molecule has 0 saturated heterocycles. The Morgan fingerprint density at radius 3 is 2.54 bits per heavy atom. The van der Waals surface area contributed by atoms with Crippen molar-refractivity contribution in [3.05, 3.63) is 86.3 Å². The van der Waals surface area contributed by atoms with Crippen LogP contribution in [0, 0.1) is 3.57 Å². The molecule has 0 spiro atoms. The van der Waals surface area contributed by atoms with Crippen LogP contribution in [-0.2, 0) is 6.54 Å². The highest BCUT2D eigenvalue weighted by atomic mass is 127. The summed E-state index contributed by atoms with van der Waals surface area (Å²) in [5, 5.41) is 6.94. The number of para-hydroxylation sites is 2. The molecule has 0 aliphatic heterocycles. The summed E-state index contributed by atoms with van der Waals surface area (Å²) < 4.78 is 7.72. The summed E-state index contributed by atoms with van der Waals surface area (Å²) in [4.78, 5) is 24.4. The van der Waals surface area contributed by atoms with Gasteiger partial charge < -0.3 is 10.1 Å². The standard InChI is InChI=1S/C19H16IN3O3/c20-15-8-4-5-9-16(15)21-19(25)17-10-11-18(24)23(22-17)12-13-26-14-6-2-1-3-7-14/h1-11H,12-13H2,(H,21,25). The number of nitrogens with zero attached hydrogens (tertiary/aromatic N) is 2. The van der Waals surface area contributed by atoms with E-state index in [1.165, 1.54) is 16.8 Å². The molecular formula is C19H16IN3O3. The first kappa shape index (κ1) is 18.1. The molecular weight excluding hydrogens is 445 g/mol. The highest BCUT2D eigenvalue weighted by Crippen LogP contribution is 2.17. The van der Waals surface area contributed by atoms with Gasteiger partial charge in [-0.3, -0.25) is 9.59 Å². The van der Waals surface area contributed by atoms with E-state index < -0.39 is 0 Å². The fraction of sp³-hybridized carbons (Fsp3) is 0.105. The Hall–Kier alpha value is -2.68. The van der Waals surface area contributed by atoms with Crippen LogP contribution >= 0.6 is 22.6 Å². The first-order valence-corrected chi connectivity index (χ1v) is 9.03.